The first-order valence-corrected chi connectivity index (χ1v) is 15.9. The molecule has 2 heterocycles. The van der Waals surface area contributed by atoms with Crippen molar-refractivity contribution in [3.63, 3.8) is 0 Å². The van der Waals surface area contributed by atoms with E-state index in [1.807, 2.05) is 24.3 Å². The molecule has 1 saturated heterocycles. The van der Waals surface area contributed by atoms with Crippen molar-refractivity contribution in [2.24, 2.45) is 0 Å². The minimum Gasteiger partial charge on any atom is -0.497 e. The molecule has 0 radical (unpaired) electrons. The summed E-state index contributed by atoms with van der Waals surface area (Å²) in [4.78, 5) is 22.5. The Morgan fingerprint density at radius 2 is 1.49 bits per heavy atom. The van der Waals surface area contributed by atoms with Gasteiger partial charge in [-0.15, -0.1) is 0 Å². The van der Waals surface area contributed by atoms with Gasteiger partial charge in [0.05, 0.1) is 31.4 Å². The molecule has 1 saturated carbocycles. The van der Waals surface area contributed by atoms with Crippen LogP contribution in [-0.4, -0.2) is 73.2 Å². The van der Waals surface area contributed by atoms with Crippen LogP contribution in [0.5, 0.6) is 5.75 Å². The van der Waals surface area contributed by atoms with Crippen molar-refractivity contribution in [2.75, 3.05) is 46.1 Å². The second-order valence-electron chi connectivity index (χ2n) is 12.2. The van der Waals surface area contributed by atoms with E-state index in [0.717, 1.165) is 74.4 Å². The molecule has 6 rings (SSSR count). The summed E-state index contributed by atoms with van der Waals surface area (Å²) < 4.78 is 11.6. The van der Waals surface area contributed by atoms with E-state index in [4.69, 9.17) is 15.2 Å². The molecule has 4 aromatic rings. The van der Waals surface area contributed by atoms with Gasteiger partial charge in [-0.3, -0.25) is 9.69 Å². The molecular formula is C37H43N5O3. The predicted molar refractivity (Wildman–Crippen MR) is 179 cm³/mol. The van der Waals surface area contributed by atoms with E-state index in [9.17, 15) is 4.79 Å². The largest absolute Gasteiger partial charge is 0.497 e. The van der Waals surface area contributed by atoms with E-state index in [1.165, 1.54) is 16.7 Å². The smallest absolute Gasteiger partial charge is 0.255 e. The number of nitrogens with two attached hydrogens (primary N) is 1. The van der Waals surface area contributed by atoms with Crippen LogP contribution in [0.2, 0.25) is 0 Å². The number of nitrogen functional groups attached to an aromatic ring is 1. The number of likely N-dealkylation sites (N-methyl/N-ethyl adjacent to an activating group) is 1. The second kappa shape index (κ2) is 14.2. The number of anilines is 1. The number of nitrogens with one attached hydrogen (secondary N) is 1. The quantitative estimate of drug-likeness (QED) is 0.242. The van der Waals surface area contributed by atoms with Crippen LogP contribution in [0.15, 0.2) is 85.1 Å². The summed E-state index contributed by atoms with van der Waals surface area (Å²) in [5, 5.41) is 3.17. The van der Waals surface area contributed by atoms with Crippen LogP contribution in [0.4, 0.5) is 5.82 Å². The predicted octanol–water partition coefficient (Wildman–Crippen LogP) is 5.62. The minimum absolute atomic E-state index is 0.0552. The highest BCUT2D eigenvalue weighted by Crippen LogP contribution is 2.27. The third-order valence-corrected chi connectivity index (χ3v) is 9.06. The molecule has 234 valence electrons. The average Bonchev–Trinajstić information content (AvgIpc) is 3.52. The van der Waals surface area contributed by atoms with Gasteiger partial charge in [0.2, 0.25) is 0 Å². The Labute approximate surface area is 266 Å². The van der Waals surface area contributed by atoms with E-state index >= 15 is 0 Å². The van der Waals surface area contributed by atoms with Gasteiger partial charge in [-0.05, 0) is 72.3 Å². The van der Waals surface area contributed by atoms with Crippen molar-refractivity contribution >= 4 is 11.7 Å². The minimum atomic E-state index is -0.227. The molecule has 2 fully saturated rings. The van der Waals surface area contributed by atoms with Gasteiger partial charge in [0.15, 0.2) is 0 Å². The number of methoxy groups -OCH3 is 1. The molecule has 8 heteroatoms. The Kier molecular flexibility index (Phi) is 9.74. The Hall–Kier alpha value is -4.24. The van der Waals surface area contributed by atoms with E-state index in [0.29, 0.717) is 12.2 Å². The zero-order valence-corrected chi connectivity index (χ0v) is 26.2. The maximum Gasteiger partial charge on any atom is 0.255 e. The molecule has 1 amide bonds. The fraction of sp³-hybridized carbons (Fsp3) is 0.351. The molecule has 1 aromatic heterocycles. The van der Waals surface area contributed by atoms with Gasteiger partial charge >= 0.3 is 0 Å². The van der Waals surface area contributed by atoms with Crippen molar-refractivity contribution in [2.45, 2.75) is 44.6 Å². The fourth-order valence-electron chi connectivity index (χ4n) is 6.20. The zero-order chi connectivity index (χ0) is 31.2. The summed E-state index contributed by atoms with van der Waals surface area (Å²) in [5.41, 5.74) is 13.1. The molecule has 0 unspecified atom stereocenters. The number of benzene rings is 3. The number of ether oxygens (including phenoxy) is 2. The van der Waals surface area contributed by atoms with Crippen LogP contribution in [0.3, 0.4) is 0 Å². The standard InChI is InChI=1S/C37H43N5O3/c1-41-18-20-42(21-19-41)24-26-6-10-28(11-7-26)29-12-8-27(9-13-29)25-45-35-5-3-4-34(35)40-37(43)33-22-31(23-39-36(33)38)30-14-16-32(44-2)17-15-30/h6-17,22-23,34-35H,3-5,18-21,24-25H2,1-2H3,(H2,38,39)(H,40,43)/t34-,35-/m0/s1. The van der Waals surface area contributed by atoms with Crippen molar-refractivity contribution in [1.29, 1.82) is 0 Å². The molecule has 3 aromatic carbocycles. The maximum atomic E-state index is 13.3. The van der Waals surface area contributed by atoms with E-state index in [1.54, 1.807) is 19.4 Å². The van der Waals surface area contributed by atoms with Gasteiger partial charge in [0.1, 0.15) is 11.6 Å². The molecule has 45 heavy (non-hydrogen) atoms. The molecule has 1 aliphatic heterocycles. The molecule has 8 nitrogen and oxygen atoms in total. The molecule has 2 aliphatic rings. The van der Waals surface area contributed by atoms with Gasteiger partial charge in [-0.2, -0.15) is 0 Å². The number of piperazine rings is 1. The van der Waals surface area contributed by atoms with Gasteiger partial charge in [0.25, 0.3) is 5.91 Å². The first-order valence-electron chi connectivity index (χ1n) is 15.9. The molecular weight excluding hydrogens is 562 g/mol. The summed E-state index contributed by atoms with van der Waals surface area (Å²) in [6, 6.07) is 26.9. The summed E-state index contributed by atoms with van der Waals surface area (Å²) in [6.45, 7) is 6.03. The van der Waals surface area contributed by atoms with Crippen LogP contribution < -0.4 is 15.8 Å². The number of carbonyl (C=O) groups is 1. The van der Waals surface area contributed by atoms with Crippen LogP contribution in [-0.2, 0) is 17.9 Å². The Morgan fingerprint density at radius 1 is 0.867 bits per heavy atom. The topological polar surface area (TPSA) is 93.0 Å². The highest BCUT2D eigenvalue weighted by Gasteiger charge is 2.30. The second-order valence-corrected chi connectivity index (χ2v) is 12.2. The van der Waals surface area contributed by atoms with Gasteiger partial charge < -0.3 is 25.4 Å². The monoisotopic (exact) mass is 605 g/mol. The average molecular weight is 606 g/mol. The fourth-order valence-corrected chi connectivity index (χ4v) is 6.20. The summed E-state index contributed by atoms with van der Waals surface area (Å²) in [6.07, 6.45) is 4.40. The van der Waals surface area contributed by atoms with E-state index < -0.39 is 0 Å². The highest BCUT2D eigenvalue weighted by atomic mass is 16.5. The molecule has 3 N–H and O–H groups in total. The lowest BCUT2D eigenvalue weighted by atomic mass is 10.0. The summed E-state index contributed by atoms with van der Waals surface area (Å²) in [7, 11) is 3.82. The maximum absolute atomic E-state index is 13.3. The van der Waals surface area contributed by atoms with Crippen molar-refractivity contribution in [3.8, 4) is 28.0 Å². The molecule has 0 bridgehead atoms. The number of hydrogen-bond acceptors (Lipinski definition) is 7. The van der Waals surface area contributed by atoms with E-state index in [2.05, 4.69) is 75.7 Å². The lowest BCUT2D eigenvalue weighted by Gasteiger charge is -2.32. The first-order chi connectivity index (χ1) is 21.9. The number of rotatable bonds is 10. The lowest BCUT2D eigenvalue weighted by molar-refractivity contribution is 0.0272. The molecule has 2 atom stereocenters. The van der Waals surface area contributed by atoms with Crippen LogP contribution >= 0.6 is 0 Å². The Bertz CT molecular complexity index is 1570. The summed E-state index contributed by atoms with van der Waals surface area (Å²) >= 11 is 0. The number of amides is 1. The zero-order valence-electron chi connectivity index (χ0n) is 26.2. The lowest BCUT2D eigenvalue weighted by Crippen LogP contribution is -2.43. The van der Waals surface area contributed by atoms with Gasteiger partial charge in [-0.1, -0.05) is 60.7 Å². The first kappa shape index (κ1) is 30.8. The highest BCUT2D eigenvalue weighted by molar-refractivity contribution is 5.99. The number of pyridine rings is 1. The number of carbonyl (C=O) groups excluding carboxylic acids is 1. The van der Waals surface area contributed by atoms with Crippen LogP contribution in [0.25, 0.3) is 22.3 Å². The van der Waals surface area contributed by atoms with E-state index in [-0.39, 0.29) is 23.9 Å². The van der Waals surface area contributed by atoms with Gasteiger partial charge in [0, 0.05) is 44.5 Å². The SMILES string of the molecule is COc1ccc(-c2cnc(N)c(C(=O)N[C@H]3CCC[C@@H]3OCc3ccc(-c4ccc(CN5CCN(C)CC5)cc4)cc3)c2)cc1. The third-order valence-electron chi connectivity index (χ3n) is 9.06. The number of aromatic nitrogens is 1. The van der Waals surface area contributed by atoms with Crippen molar-refractivity contribution in [3.05, 3.63) is 102 Å². The molecule has 1 aliphatic carbocycles. The third kappa shape index (κ3) is 7.71. The van der Waals surface area contributed by atoms with Crippen LogP contribution in [0, 0.1) is 0 Å². The summed E-state index contributed by atoms with van der Waals surface area (Å²) in [5.74, 6) is 0.755. The van der Waals surface area contributed by atoms with Crippen molar-refractivity contribution < 1.29 is 14.3 Å². The van der Waals surface area contributed by atoms with Crippen LogP contribution in [0.1, 0.15) is 40.7 Å². The Morgan fingerprint density at radius 3 is 2.16 bits per heavy atom. The van der Waals surface area contributed by atoms with Crippen molar-refractivity contribution in [1.82, 2.24) is 20.1 Å². The number of hydrogen-bond donors (Lipinski definition) is 2. The number of nitrogens with zero attached hydrogens (tertiary/aromatic N) is 3. The Balaban J connectivity index is 1.02. The molecule has 0 spiro atoms. The van der Waals surface area contributed by atoms with Gasteiger partial charge in [-0.25, -0.2) is 4.98 Å². The normalized spacial score (nSPS) is 19.0.